The fourth-order valence-corrected chi connectivity index (χ4v) is 6.00. The largest absolute Gasteiger partial charge is 0.494 e. The molecule has 2 heterocycles. The standard InChI is InChI=1S/C25H33ClN4O3S/c1-16-27-28-22(34-16)24(2,3)23(32)30-11-9-25(10-12-30)15-17(25)8-13-33-18-6-7-19(20(26)14-18)21(31)29(4)5/h6-7,14,17H,8-13,15H2,1-5H3/t17-/m1/s1. The van der Waals surface area contributed by atoms with Crippen LogP contribution in [0.5, 0.6) is 5.75 Å². The van der Waals surface area contributed by atoms with E-state index in [1.165, 1.54) is 22.7 Å². The minimum atomic E-state index is -0.638. The highest BCUT2D eigenvalue weighted by Crippen LogP contribution is 2.61. The summed E-state index contributed by atoms with van der Waals surface area (Å²) in [5.41, 5.74) is 0.190. The Hall–Kier alpha value is -2.19. The van der Waals surface area contributed by atoms with Crippen LogP contribution in [-0.4, -0.2) is 65.6 Å². The molecule has 9 heteroatoms. The van der Waals surface area contributed by atoms with Gasteiger partial charge < -0.3 is 14.5 Å². The van der Waals surface area contributed by atoms with Gasteiger partial charge in [0.15, 0.2) is 0 Å². The minimum absolute atomic E-state index is 0.122. The van der Waals surface area contributed by atoms with Crippen molar-refractivity contribution in [2.24, 2.45) is 11.3 Å². The molecule has 34 heavy (non-hydrogen) atoms. The molecule has 2 fully saturated rings. The number of benzene rings is 1. The highest BCUT2D eigenvalue weighted by molar-refractivity contribution is 7.11. The summed E-state index contributed by atoms with van der Waals surface area (Å²) in [5.74, 6) is 1.34. The van der Waals surface area contributed by atoms with Crippen LogP contribution >= 0.6 is 22.9 Å². The summed E-state index contributed by atoms with van der Waals surface area (Å²) in [4.78, 5) is 28.8. The van der Waals surface area contributed by atoms with Gasteiger partial charge in [0, 0.05) is 27.2 Å². The molecule has 2 aromatic rings. The van der Waals surface area contributed by atoms with Gasteiger partial charge in [-0.25, -0.2) is 0 Å². The van der Waals surface area contributed by atoms with Crippen molar-refractivity contribution in [1.29, 1.82) is 0 Å². The van der Waals surface area contributed by atoms with Crippen molar-refractivity contribution in [1.82, 2.24) is 20.0 Å². The maximum absolute atomic E-state index is 13.2. The molecule has 1 aliphatic carbocycles. The quantitative estimate of drug-likeness (QED) is 0.551. The number of hydrogen-bond donors (Lipinski definition) is 0. The Morgan fingerprint density at radius 2 is 1.97 bits per heavy atom. The Morgan fingerprint density at radius 1 is 1.26 bits per heavy atom. The zero-order valence-electron chi connectivity index (χ0n) is 20.6. The van der Waals surface area contributed by atoms with Crippen LogP contribution in [0.1, 0.15) is 59.9 Å². The van der Waals surface area contributed by atoms with E-state index in [2.05, 4.69) is 10.2 Å². The number of amides is 2. The molecule has 2 aliphatic rings. The third-order valence-electron chi connectivity index (χ3n) is 7.31. The molecule has 1 aromatic carbocycles. The second-order valence-electron chi connectivity index (χ2n) is 10.3. The molecular formula is C25H33ClN4O3S. The van der Waals surface area contributed by atoms with E-state index >= 15 is 0 Å². The van der Waals surface area contributed by atoms with E-state index in [-0.39, 0.29) is 11.8 Å². The van der Waals surface area contributed by atoms with Crippen molar-refractivity contribution in [2.45, 2.75) is 51.9 Å². The Kier molecular flexibility index (Phi) is 6.93. The molecule has 1 aliphatic heterocycles. The van der Waals surface area contributed by atoms with Crippen molar-refractivity contribution in [3.63, 3.8) is 0 Å². The molecule has 2 amide bonds. The number of carbonyl (C=O) groups excluding carboxylic acids is 2. The summed E-state index contributed by atoms with van der Waals surface area (Å²) in [6, 6.07) is 5.23. The molecule has 7 nitrogen and oxygen atoms in total. The number of likely N-dealkylation sites (tertiary alicyclic amines) is 1. The van der Waals surface area contributed by atoms with Crippen LogP contribution in [0.25, 0.3) is 0 Å². The van der Waals surface area contributed by atoms with Gasteiger partial charge in [0.2, 0.25) is 5.91 Å². The van der Waals surface area contributed by atoms with Gasteiger partial charge in [-0.05, 0) is 76.0 Å². The molecule has 4 rings (SSSR count). The Morgan fingerprint density at radius 3 is 2.56 bits per heavy atom. The lowest BCUT2D eigenvalue weighted by Gasteiger charge is -2.37. The molecule has 0 bridgehead atoms. The van der Waals surface area contributed by atoms with E-state index < -0.39 is 5.41 Å². The lowest BCUT2D eigenvalue weighted by Crippen LogP contribution is -2.47. The average Bonchev–Trinajstić information content (AvgIpc) is 3.24. The van der Waals surface area contributed by atoms with Crippen LogP contribution in [0, 0.1) is 18.3 Å². The lowest BCUT2D eigenvalue weighted by molar-refractivity contribution is -0.138. The van der Waals surface area contributed by atoms with Gasteiger partial charge in [-0.15, -0.1) is 21.5 Å². The zero-order valence-corrected chi connectivity index (χ0v) is 22.1. The number of hydrogen-bond acceptors (Lipinski definition) is 6. The van der Waals surface area contributed by atoms with E-state index in [9.17, 15) is 9.59 Å². The molecule has 1 atom stereocenters. The van der Waals surface area contributed by atoms with Crippen LogP contribution in [0.3, 0.4) is 0 Å². The summed E-state index contributed by atoms with van der Waals surface area (Å²) in [5, 5.41) is 10.4. The number of piperidine rings is 1. The van der Waals surface area contributed by atoms with Crippen molar-refractivity contribution < 1.29 is 14.3 Å². The molecule has 0 unspecified atom stereocenters. The van der Waals surface area contributed by atoms with E-state index in [1.807, 2.05) is 25.7 Å². The molecule has 184 valence electrons. The van der Waals surface area contributed by atoms with Gasteiger partial charge in [0.25, 0.3) is 5.91 Å². The summed E-state index contributed by atoms with van der Waals surface area (Å²) < 4.78 is 5.94. The maximum Gasteiger partial charge on any atom is 0.254 e. The predicted octanol–water partition coefficient (Wildman–Crippen LogP) is 4.58. The van der Waals surface area contributed by atoms with E-state index in [4.69, 9.17) is 16.3 Å². The Labute approximate surface area is 210 Å². The predicted molar refractivity (Wildman–Crippen MR) is 134 cm³/mol. The number of aryl methyl sites for hydroxylation is 1. The van der Waals surface area contributed by atoms with Crippen LogP contribution in [0.2, 0.25) is 5.02 Å². The first-order valence-electron chi connectivity index (χ1n) is 11.8. The topological polar surface area (TPSA) is 75.6 Å². The molecule has 0 radical (unpaired) electrons. The fraction of sp³-hybridized carbons (Fsp3) is 0.600. The number of aromatic nitrogens is 2. The van der Waals surface area contributed by atoms with Gasteiger partial charge >= 0.3 is 0 Å². The molecule has 1 saturated heterocycles. The van der Waals surface area contributed by atoms with Crippen molar-refractivity contribution >= 4 is 34.8 Å². The van der Waals surface area contributed by atoms with Crippen molar-refractivity contribution in [3.8, 4) is 5.75 Å². The van der Waals surface area contributed by atoms with E-state index in [0.717, 1.165) is 42.4 Å². The second kappa shape index (κ2) is 9.46. The summed E-state index contributed by atoms with van der Waals surface area (Å²) >= 11 is 7.78. The van der Waals surface area contributed by atoms with Crippen LogP contribution in [0.15, 0.2) is 18.2 Å². The second-order valence-corrected chi connectivity index (χ2v) is 11.9. The number of rotatable bonds is 7. The third-order valence-corrected chi connectivity index (χ3v) is 8.79. The van der Waals surface area contributed by atoms with Crippen LogP contribution in [-0.2, 0) is 10.2 Å². The monoisotopic (exact) mass is 504 g/mol. The average molecular weight is 505 g/mol. The zero-order chi connectivity index (χ0) is 24.7. The molecule has 0 N–H and O–H groups in total. The minimum Gasteiger partial charge on any atom is -0.494 e. The Bertz CT molecular complexity index is 1080. The molecule has 1 spiro atoms. The van der Waals surface area contributed by atoms with Gasteiger partial charge in [0.1, 0.15) is 15.8 Å². The van der Waals surface area contributed by atoms with Crippen LogP contribution in [0.4, 0.5) is 0 Å². The number of carbonyl (C=O) groups is 2. The SMILES string of the molecule is Cc1nnc(C(C)(C)C(=O)N2CCC3(CC2)C[C@H]3CCOc2ccc(C(=O)N(C)C)c(Cl)c2)s1. The number of ether oxygens (including phenoxy) is 1. The van der Waals surface area contributed by atoms with Gasteiger partial charge in [-0.1, -0.05) is 11.6 Å². The first kappa shape index (κ1) is 24.9. The van der Waals surface area contributed by atoms with Gasteiger partial charge in [-0.2, -0.15) is 0 Å². The normalized spacial score (nSPS) is 19.2. The van der Waals surface area contributed by atoms with E-state index in [0.29, 0.717) is 34.3 Å². The van der Waals surface area contributed by atoms with Crippen molar-refractivity contribution in [2.75, 3.05) is 33.8 Å². The highest BCUT2D eigenvalue weighted by Gasteiger charge is 2.55. The van der Waals surface area contributed by atoms with E-state index in [1.54, 1.807) is 32.3 Å². The maximum atomic E-state index is 13.2. The summed E-state index contributed by atoms with van der Waals surface area (Å²) in [7, 11) is 3.41. The lowest BCUT2D eigenvalue weighted by atomic mass is 9.87. The summed E-state index contributed by atoms with van der Waals surface area (Å²) in [6.07, 6.45) is 4.28. The van der Waals surface area contributed by atoms with Gasteiger partial charge in [-0.3, -0.25) is 9.59 Å². The molecule has 1 aromatic heterocycles. The summed E-state index contributed by atoms with van der Waals surface area (Å²) in [6.45, 7) is 8.04. The third kappa shape index (κ3) is 4.93. The van der Waals surface area contributed by atoms with Crippen LogP contribution < -0.4 is 4.74 Å². The number of nitrogens with zero attached hydrogens (tertiary/aromatic N) is 4. The smallest absolute Gasteiger partial charge is 0.254 e. The van der Waals surface area contributed by atoms with Crippen molar-refractivity contribution in [3.05, 3.63) is 38.8 Å². The molecule has 1 saturated carbocycles. The highest BCUT2D eigenvalue weighted by atomic mass is 35.5. The first-order valence-corrected chi connectivity index (χ1v) is 13.0. The first-order chi connectivity index (χ1) is 16.0. The molecular weight excluding hydrogens is 472 g/mol. The van der Waals surface area contributed by atoms with Gasteiger partial charge in [0.05, 0.1) is 22.6 Å². The fourth-order valence-electron chi connectivity index (χ4n) is 4.96. The number of halogens is 1. The Balaban J connectivity index is 1.24.